The van der Waals surface area contributed by atoms with E-state index in [0.29, 0.717) is 10.9 Å². The normalized spacial score (nSPS) is 12.2. The smallest absolute Gasteiger partial charge is 0.268 e. The van der Waals surface area contributed by atoms with Gasteiger partial charge < -0.3 is 4.74 Å². The second kappa shape index (κ2) is 9.24. The Balaban J connectivity index is 1.44. The molecule has 4 rings (SSSR count). The predicted octanol–water partition coefficient (Wildman–Crippen LogP) is 5.98. The Morgan fingerprint density at radius 2 is 1.77 bits per heavy atom. The Hall–Kier alpha value is -3.95. The summed E-state index contributed by atoms with van der Waals surface area (Å²) in [6, 6.07) is 26.8. The van der Waals surface area contributed by atoms with Crippen LogP contribution >= 0.6 is 11.3 Å². The number of nitrogens with zero attached hydrogens (tertiary/aromatic N) is 2. The Morgan fingerprint density at radius 3 is 2.48 bits per heavy atom. The highest BCUT2D eigenvalue weighted by molar-refractivity contribution is 7.22. The van der Waals surface area contributed by atoms with Gasteiger partial charge in [-0.25, -0.2) is 4.98 Å². The summed E-state index contributed by atoms with van der Waals surface area (Å²) in [6.07, 6.45) is 1.46. The molecule has 0 radical (unpaired) electrons. The minimum atomic E-state index is -0.486. The molecule has 31 heavy (non-hydrogen) atoms. The predicted molar refractivity (Wildman–Crippen MR) is 124 cm³/mol. The Morgan fingerprint density at radius 1 is 1.06 bits per heavy atom. The van der Waals surface area contributed by atoms with E-state index in [1.807, 2.05) is 91.9 Å². The number of fused-ring (bicyclic) bond motifs is 1. The molecule has 0 aliphatic rings. The molecule has 6 heteroatoms. The lowest BCUT2D eigenvalue weighted by Crippen LogP contribution is -2.13. The van der Waals surface area contributed by atoms with Gasteiger partial charge in [0.1, 0.15) is 23.5 Å². The third-order valence-corrected chi connectivity index (χ3v) is 5.60. The van der Waals surface area contributed by atoms with Crippen molar-refractivity contribution in [2.24, 2.45) is 0 Å². The summed E-state index contributed by atoms with van der Waals surface area (Å²) in [4.78, 5) is 16.9. The van der Waals surface area contributed by atoms with E-state index < -0.39 is 5.91 Å². The number of amides is 1. The molecule has 152 valence electrons. The molecule has 1 atom stereocenters. The minimum absolute atomic E-state index is 0.00516. The Labute approximate surface area is 184 Å². The quantitative estimate of drug-likeness (QED) is 0.304. The molecule has 0 spiro atoms. The van der Waals surface area contributed by atoms with Crippen LogP contribution < -0.4 is 10.1 Å². The molecule has 0 bridgehead atoms. The van der Waals surface area contributed by atoms with Crippen LogP contribution in [-0.4, -0.2) is 10.9 Å². The van der Waals surface area contributed by atoms with E-state index >= 15 is 0 Å². The summed E-state index contributed by atoms with van der Waals surface area (Å²) < 4.78 is 6.94. The van der Waals surface area contributed by atoms with Crippen molar-refractivity contribution < 1.29 is 9.53 Å². The van der Waals surface area contributed by atoms with Crippen LogP contribution in [0, 0.1) is 11.3 Å². The van der Waals surface area contributed by atoms with Gasteiger partial charge in [-0.1, -0.05) is 65.9 Å². The van der Waals surface area contributed by atoms with Crippen LogP contribution in [0.1, 0.15) is 24.2 Å². The minimum Gasteiger partial charge on any atom is -0.486 e. The molecular formula is C25H19N3O2S. The van der Waals surface area contributed by atoms with E-state index in [-0.39, 0.29) is 11.7 Å². The number of aromatic nitrogens is 1. The summed E-state index contributed by atoms with van der Waals surface area (Å²) in [7, 11) is 0. The average molecular weight is 426 g/mol. The number of carbonyl (C=O) groups is 1. The van der Waals surface area contributed by atoms with Gasteiger partial charge in [-0.05, 0) is 48.4 Å². The first-order valence-corrected chi connectivity index (χ1v) is 10.5. The van der Waals surface area contributed by atoms with Gasteiger partial charge in [-0.2, -0.15) is 5.26 Å². The zero-order valence-electron chi connectivity index (χ0n) is 16.8. The highest BCUT2D eigenvalue weighted by Crippen LogP contribution is 2.26. The van der Waals surface area contributed by atoms with E-state index in [9.17, 15) is 10.1 Å². The summed E-state index contributed by atoms with van der Waals surface area (Å²) in [5, 5.41) is 12.6. The van der Waals surface area contributed by atoms with E-state index in [4.69, 9.17) is 4.74 Å². The molecule has 1 N–H and O–H groups in total. The van der Waals surface area contributed by atoms with Crippen molar-refractivity contribution in [3.8, 4) is 11.8 Å². The molecule has 0 unspecified atom stereocenters. The van der Waals surface area contributed by atoms with E-state index in [1.54, 1.807) is 6.08 Å². The zero-order chi connectivity index (χ0) is 21.6. The van der Waals surface area contributed by atoms with Crippen molar-refractivity contribution >= 4 is 38.7 Å². The molecule has 0 fully saturated rings. The lowest BCUT2D eigenvalue weighted by molar-refractivity contribution is -0.112. The number of nitrogens with one attached hydrogen (secondary N) is 1. The maximum atomic E-state index is 12.5. The molecular weight excluding hydrogens is 406 g/mol. The van der Waals surface area contributed by atoms with Crippen LogP contribution in [0.2, 0.25) is 0 Å². The van der Waals surface area contributed by atoms with Crippen LogP contribution in [-0.2, 0) is 4.79 Å². The molecule has 1 heterocycles. The summed E-state index contributed by atoms with van der Waals surface area (Å²) in [5.74, 6) is 0.227. The van der Waals surface area contributed by atoms with Gasteiger partial charge in [0.05, 0.1) is 10.2 Å². The molecule has 3 aromatic carbocycles. The average Bonchev–Trinajstić information content (AvgIpc) is 3.21. The Bertz CT molecular complexity index is 1240. The van der Waals surface area contributed by atoms with Gasteiger partial charge in [-0.15, -0.1) is 0 Å². The lowest BCUT2D eigenvalue weighted by atomic mass is 10.1. The number of benzene rings is 3. The molecule has 1 aromatic heterocycles. The molecule has 5 nitrogen and oxygen atoms in total. The standard InChI is InChI=1S/C25H19N3O2S/c1-17(19-7-3-2-4-8-19)30-21-13-11-18(12-14-21)15-20(16-26)24(29)28-25-27-22-9-5-6-10-23(22)31-25/h2-15,17H,1H3,(H,27,28,29)/b20-15+/t17-/m0/s1. The van der Waals surface area contributed by atoms with Crippen LogP contribution in [0.4, 0.5) is 5.13 Å². The van der Waals surface area contributed by atoms with Crippen LogP contribution in [0.3, 0.4) is 0 Å². The highest BCUT2D eigenvalue weighted by atomic mass is 32.1. The van der Waals surface area contributed by atoms with Gasteiger partial charge in [0.2, 0.25) is 0 Å². The number of hydrogen-bond donors (Lipinski definition) is 1. The Kier molecular flexibility index (Phi) is 6.06. The van der Waals surface area contributed by atoms with Crippen molar-refractivity contribution in [3.05, 3.63) is 95.6 Å². The van der Waals surface area contributed by atoms with Gasteiger partial charge in [0.25, 0.3) is 5.91 Å². The van der Waals surface area contributed by atoms with E-state index in [2.05, 4.69) is 10.3 Å². The molecule has 0 aliphatic heterocycles. The van der Waals surface area contributed by atoms with Crippen LogP contribution in [0.5, 0.6) is 5.75 Å². The lowest BCUT2D eigenvalue weighted by Gasteiger charge is -2.15. The number of carbonyl (C=O) groups excluding carboxylic acids is 1. The number of para-hydroxylation sites is 1. The fourth-order valence-corrected chi connectivity index (χ4v) is 3.91. The second-order valence-electron chi connectivity index (χ2n) is 6.85. The summed E-state index contributed by atoms with van der Waals surface area (Å²) in [5.41, 5.74) is 2.64. The van der Waals surface area contributed by atoms with Crippen molar-refractivity contribution in [1.29, 1.82) is 5.26 Å². The summed E-state index contributed by atoms with van der Waals surface area (Å²) >= 11 is 1.37. The molecule has 1 amide bonds. The third-order valence-electron chi connectivity index (χ3n) is 4.65. The largest absolute Gasteiger partial charge is 0.486 e. The number of rotatable bonds is 6. The topological polar surface area (TPSA) is 75.0 Å². The summed E-state index contributed by atoms with van der Waals surface area (Å²) in [6.45, 7) is 1.99. The van der Waals surface area contributed by atoms with Crippen molar-refractivity contribution in [3.63, 3.8) is 0 Å². The number of ether oxygens (including phenoxy) is 1. The first-order chi connectivity index (χ1) is 15.1. The molecule has 0 saturated heterocycles. The zero-order valence-corrected chi connectivity index (χ0v) is 17.6. The monoisotopic (exact) mass is 425 g/mol. The first kappa shape index (κ1) is 20.3. The fourth-order valence-electron chi connectivity index (χ4n) is 3.04. The maximum absolute atomic E-state index is 12.5. The molecule has 4 aromatic rings. The van der Waals surface area contributed by atoms with Crippen molar-refractivity contribution in [2.45, 2.75) is 13.0 Å². The fraction of sp³-hybridized carbons (Fsp3) is 0.0800. The highest BCUT2D eigenvalue weighted by Gasteiger charge is 2.13. The van der Waals surface area contributed by atoms with Crippen LogP contribution in [0.25, 0.3) is 16.3 Å². The SMILES string of the molecule is C[C@H](Oc1ccc(/C=C(\C#N)C(=O)Nc2nc3ccccc3s2)cc1)c1ccccc1. The van der Waals surface area contributed by atoms with Crippen LogP contribution in [0.15, 0.2) is 84.4 Å². The third kappa shape index (κ3) is 4.97. The first-order valence-electron chi connectivity index (χ1n) is 9.73. The van der Waals surface area contributed by atoms with Crippen molar-refractivity contribution in [2.75, 3.05) is 5.32 Å². The number of anilines is 1. The van der Waals surface area contributed by atoms with Gasteiger partial charge in [0.15, 0.2) is 5.13 Å². The number of hydrogen-bond acceptors (Lipinski definition) is 5. The van der Waals surface area contributed by atoms with Gasteiger partial charge in [0, 0.05) is 0 Å². The van der Waals surface area contributed by atoms with Crippen molar-refractivity contribution in [1.82, 2.24) is 4.98 Å². The van der Waals surface area contributed by atoms with E-state index in [0.717, 1.165) is 21.3 Å². The number of thiazole rings is 1. The van der Waals surface area contributed by atoms with E-state index in [1.165, 1.54) is 11.3 Å². The number of nitriles is 1. The molecule has 0 aliphatic carbocycles. The maximum Gasteiger partial charge on any atom is 0.268 e. The second-order valence-corrected chi connectivity index (χ2v) is 7.88. The van der Waals surface area contributed by atoms with Gasteiger partial charge in [-0.3, -0.25) is 10.1 Å². The van der Waals surface area contributed by atoms with Gasteiger partial charge >= 0.3 is 0 Å². The molecule has 0 saturated carbocycles.